The molecule has 1 amide bonds. The van der Waals surface area contributed by atoms with Crippen LogP contribution >= 0.6 is 0 Å². The Labute approximate surface area is 144 Å². The first-order chi connectivity index (χ1) is 11.4. The Morgan fingerprint density at radius 1 is 1.33 bits per heavy atom. The highest BCUT2D eigenvalue weighted by molar-refractivity contribution is 7.89. The number of benzene rings is 1. The first-order valence-corrected chi connectivity index (χ1v) is 10.0. The molecule has 0 aliphatic carbocycles. The topological polar surface area (TPSA) is 87.3 Å². The van der Waals surface area contributed by atoms with Gasteiger partial charge in [0.25, 0.3) is 5.91 Å². The Morgan fingerprint density at radius 3 is 2.62 bits per heavy atom. The number of hydrogen-bond acceptors (Lipinski definition) is 4. The molecular formula is C17H27N3O3S. The average molecular weight is 353 g/mol. The second-order valence-corrected chi connectivity index (χ2v) is 8.07. The predicted molar refractivity (Wildman–Crippen MR) is 94.4 cm³/mol. The van der Waals surface area contributed by atoms with Crippen molar-refractivity contribution in [2.24, 2.45) is 5.92 Å². The standard InChI is InChI=1S/C17H27N3O3S/c1-3-13(2)20-24(22,23)16-6-4-15(5-7-16)17(21)19-11-9-14-8-10-18-12-14/h4-7,13-14,18,20H,3,8-12H2,1-2H3,(H,19,21). The zero-order chi connectivity index (χ0) is 17.6. The summed E-state index contributed by atoms with van der Waals surface area (Å²) < 4.78 is 27.0. The largest absolute Gasteiger partial charge is 0.352 e. The molecule has 0 saturated carbocycles. The number of nitrogens with one attached hydrogen (secondary N) is 3. The van der Waals surface area contributed by atoms with Crippen LogP contribution in [0, 0.1) is 5.92 Å². The summed E-state index contributed by atoms with van der Waals surface area (Å²) in [5.74, 6) is 0.462. The molecule has 6 nitrogen and oxygen atoms in total. The lowest BCUT2D eigenvalue weighted by Gasteiger charge is -2.12. The normalized spacial score (nSPS) is 19.2. The van der Waals surface area contributed by atoms with Crippen LogP contribution in [0.5, 0.6) is 0 Å². The molecule has 0 aromatic heterocycles. The highest BCUT2D eigenvalue weighted by atomic mass is 32.2. The first kappa shape index (κ1) is 18.9. The second-order valence-electron chi connectivity index (χ2n) is 6.36. The van der Waals surface area contributed by atoms with Crippen molar-refractivity contribution in [2.45, 2.75) is 44.0 Å². The van der Waals surface area contributed by atoms with E-state index in [4.69, 9.17) is 0 Å². The molecule has 2 rings (SSSR count). The van der Waals surface area contributed by atoms with Crippen molar-refractivity contribution >= 4 is 15.9 Å². The zero-order valence-corrected chi connectivity index (χ0v) is 15.2. The van der Waals surface area contributed by atoms with Crippen molar-refractivity contribution < 1.29 is 13.2 Å². The third-order valence-corrected chi connectivity index (χ3v) is 6.00. The zero-order valence-electron chi connectivity index (χ0n) is 14.3. The van der Waals surface area contributed by atoms with Crippen LogP contribution in [0.3, 0.4) is 0 Å². The number of sulfonamides is 1. The highest BCUT2D eigenvalue weighted by Crippen LogP contribution is 2.13. The molecule has 3 N–H and O–H groups in total. The number of carbonyl (C=O) groups is 1. The fraction of sp³-hybridized carbons (Fsp3) is 0.588. The molecule has 24 heavy (non-hydrogen) atoms. The van der Waals surface area contributed by atoms with Gasteiger partial charge in [0.05, 0.1) is 4.90 Å². The van der Waals surface area contributed by atoms with E-state index in [9.17, 15) is 13.2 Å². The lowest BCUT2D eigenvalue weighted by Crippen LogP contribution is -2.32. The van der Waals surface area contributed by atoms with Crippen LogP contribution in [0.4, 0.5) is 0 Å². The number of carbonyl (C=O) groups excluding carboxylic acids is 1. The summed E-state index contributed by atoms with van der Waals surface area (Å²) in [4.78, 5) is 12.3. The molecule has 1 aromatic rings. The Bertz CT molecular complexity index is 638. The molecule has 1 aromatic carbocycles. The van der Waals surface area contributed by atoms with Gasteiger partial charge in [-0.3, -0.25) is 4.79 Å². The molecule has 1 saturated heterocycles. The monoisotopic (exact) mass is 353 g/mol. The molecule has 0 bridgehead atoms. The van der Waals surface area contributed by atoms with Gasteiger partial charge in [-0.1, -0.05) is 6.92 Å². The van der Waals surface area contributed by atoms with Crippen molar-refractivity contribution in [3.63, 3.8) is 0 Å². The van der Waals surface area contributed by atoms with E-state index < -0.39 is 10.0 Å². The van der Waals surface area contributed by atoms with Gasteiger partial charge in [0.15, 0.2) is 0 Å². The van der Waals surface area contributed by atoms with E-state index in [1.54, 1.807) is 12.1 Å². The Balaban J connectivity index is 1.89. The van der Waals surface area contributed by atoms with Gasteiger partial charge in [-0.2, -0.15) is 0 Å². The number of hydrogen-bond donors (Lipinski definition) is 3. The minimum Gasteiger partial charge on any atom is -0.352 e. The maximum atomic E-state index is 12.2. The fourth-order valence-corrected chi connectivity index (χ4v) is 3.98. The Morgan fingerprint density at radius 2 is 2.04 bits per heavy atom. The molecule has 2 atom stereocenters. The first-order valence-electron chi connectivity index (χ1n) is 8.53. The second kappa shape index (κ2) is 8.60. The third kappa shape index (κ3) is 5.29. The summed E-state index contributed by atoms with van der Waals surface area (Å²) in [7, 11) is -3.53. The molecule has 0 radical (unpaired) electrons. The summed E-state index contributed by atoms with van der Waals surface area (Å²) in [6, 6.07) is 5.93. The van der Waals surface area contributed by atoms with Crippen molar-refractivity contribution in [3.8, 4) is 0 Å². The summed E-state index contributed by atoms with van der Waals surface area (Å²) in [6.45, 7) is 6.45. The van der Waals surface area contributed by atoms with Gasteiger partial charge in [0.1, 0.15) is 0 Å². The molecule has 134 valence electrons. The smallest absolute Gasteiger partial charge is 0.251 e. The summed E-state index contributed by atoms with van der Waals surface area (Å²) in [5, 5.41) is 6.20. The Kier molecular flexibility index (Phi) is 6.77. The molecule has 1 heterocycles. The maximum absolute atomic E-state index is 12.2. The van der Waals surface area contributed by atoms with Gasteiger partial charge in [-0.05, 0) is 69.5 Å². The average Bonchev–Trinajstić information content (AvgIpc) is 3.07. The molecule has 0 spiro atoms. The molecule has 2 unspecified atom stereocenters. The van der Waals surface area contributed by atoms with E-state index in [0.717, 1.165) is 32.4 Å². The molecule has 1 aliphatic rings. The molecular weight excluding hydrogens is 326 g/mol. The van der Waals surface area contributed by atoms with E-state index >= 15 is 0 Å². The van der Waals surface area contributed by atoms with Crippen LogP contribution < -0.4 is 15.4 Å². The van der Waals surface area contributed by atoms with E-state index in [2.05, 4.69) is 15.4 Å². The van der Waals surface area contributed by atoms with Crippen LogP contribution in [-0.4, -0.2) is 40.0 Å². The fourth-order valence-electron chi connectivity index (χ4n) is 2.65. The van der Waals surface area contributed by atoms with E-state index in [-0.39, 0.29) is 16.8 Å². The quantitative estimate of drug-likeness (QED) is 0.661. The number of amides is 1. The lowest BCUT2D eigenvalue weighted by molar-refractivity contribution is 0.0951. The maximum Gasteiger partial charge on any atom is 0.251 e. The van der Waals surface area contributed by atoms with Gasteiger partial charge in [0, 0.05) is 18.2 Å². The predicted octanol–water partition coefficient (Wildman–Crippen LogP) is 1.49. The van der Waals surface area contributed by atoms with Crippen molar-refractivity contribution in [1.82, 2.24) is 15.4 Å². The summed E-state index contributed by atoms with van der Waals surface area (Å²) in [5.41, 5.74) is 0.474. The minimum absolute atomic E-state index is 0.122. The van der Waals surface area contributed by atoms with E-state index in [1.807, 2.05) is 13.8 Å². The van der Waals surface area contributed by atoms with Gasteiger partial charge in [0.2, 0.25) is 10.0 Å². The molecule has 1 fully saturated rings. The van der Waals surface area contributed by atoms with Crippen LogP contribution in [0.25, 0.3) is 0 Å². The minimum atomic E-state index is -3.53. The van der Waals surface area contributed by atoms with Gasteiger partial charge < -0.3 is 10.6 Å². The summed E-state index contributed by atoms with van der Waals surface area (Å²) >= 11 is 0. The van der Waals surface area contributed by atoms with Crippen molar-refractivity contribution in [2.75, 3.05) is 19.6 Å². The third-order valence-electron chi connectivity index (χ3n) is 4.40. The van der Waals surface area contributed by atoms with Crippen LogP contribution in [-0.2, 0) is 10.0 Å². The van der Waals surface area contributed by atoms with Crippen LogP contribution in [0.2, 0.25) is 0 Å². The highest BCUT2D eigenvalue weighted by Gasteiger charge is 2.17. The Hall–Kier alpha value is -1.44. The van der Waals surface area contributed by atoms with Crippen molar-refractivity contribution in [3.05, 3.63) is 29.8 Å². The van der Waals surface area contributed by atoms with Crippen molar-refractivity contribution in [1.29, 1.82) is 0 Å². The SMILES string of the molecule is CCC(C)NS(=O)(=O)c1ccc(C(=O)NCCC2CCNC2)cc1. The van der Waals surface area contributed by atoms with E-state index in [0.29, 0.717) is 18.0 Å². The van der Waals surface area contributed by atoms with Crippen LogP contribution in [0.1, 0.15) is 43.5 Å². The lowest BCUT2D eigenvalue weighted by atomic mass is 10.1. The van der Waals surface area contributed by atoms with Gasteiger partial charge in [-0.15, -0.1) is 0 Å². The van der Waals surface area contributed by atoms with Gasteiger partial charge >= 0.3 is 0 Å². The molecule has 7 heteroatoms. The van der Waals surface area contributed by atoms with Crippen LogP contribution in [0.15, 0.2) is 29.2 Å². The van der Waals surface area contributed by atoms with Gasteiger partial charge in [-0.25, -0.2) is 13.1 Å². The summed E-state index contributed by atoms with van der Waals surface area (Å²) in [6.07, 6.45) is 2.84. The molecule has 1 aliphatic heterocycles. The van der Waals surface area contributed by atoms with E-state index in [1.165, 1.54) is 12.1 Å². The number of rotatable bonds is 8.